The molecule has 2 aromatic carbocycles. The van der Waals surface area contributed by atoms with E-state index >= 15 is 0 Å². The molecule has 0 aliphatic rings. The maximum Gasteiger partial charge on any atom is 0.343 e. The summed E-state index contributed by atoms with van der Waals surface area (Å²) in [5, 5.41) is 17.4. The Balaban J connectivity index is 2.14. The summed E-state index contributed by atoms with van der Waals surface area (Å²) in [4.78, 5) is 12.1. The predicted molar refractivity (Wildman–Crippen MR) is 81.8 cm³/mol. The van der Waals surface area contributed by atoms with Gasteiger partial charge in [0.15, 0.2) is 0 Å². The van der Waals surface area contributed by atoms with Gasteiger partial charge in [0.1, 0.15) is 23.5 Å². The Morgan fingerprint density at radius 2 is 1.68 bits per heavy atom. The average Bonchev–Trinajstić information content (AvgIpc) is 2.54. The first-order valence-corrected chi connectivity index (χ1v) is 6.54. The van der Waals surface area contributed by atoms with Crippen molar-refractivity contribution in [2.45, 2.75) is 6.92 Å². The van der Waals surface area contributed by atoms with Gasteiger partial charge in [0.05, 0.1) is 5.56 Å². The zero-order chi connectivity index (χ0) is 15.9. The standard InChI is InChI=1S/C18H12N2O2/c1-13-4-2-3-5-17(13)18(21)22-16-8-6-14(7-9-16)10-15(11-19)12-20/h2-10H,1H3. The quantitative estimate of drug-likeness (QED) is 0.491. The first kappa shape index (κ1) is 15.0. The fourth-order valence-corrected chi connectivity index (χ4v) is 1.85. The SMILES string of the molecule is Cc1ccccc1C(=O)Oc1ccc(C=C(C#N)C#N)cc1. The van der Waals surface area contributed by atoms with Crippen molar-refractivity contribution in [1.29, 1.82) is 10.5 Å². The van der Waals surface area contributed by atoms with Crippen LogP contribution in [0.1, 0.15) is 21.5 Å². The topological polar surface area (TPSA) is 73.9 Å². The minimum Gasteiger partial charge on any atom is -0.423 e. The van der Waals surface area contributed by atoms with Crippen LogP contribution >= 0.6 is 0 Å². The molecule has 0 spiro atoms. The van der Waals surface area contributed by atoms with E-state index < -0.39 is 5.97 Å². The summed E-state index contributed by atoms with van der Waals surface area (Å²) in [5.41, 5.74) is 2.07. The summed E-state index contributed by atoms with van der Waals surface area (Å²) in [6.45, 7) is 1.84. The van der Waals surface area contributed by atoms with Gasteiger partial charge in [0, 0.05) is 0 Å². The first-order chi connectivity index (χ1) is 10.6. The number of esters is 1. The number of ether oxygens (including phenoxy) is 1. The highest BCUT2D eigenvalue weighted by molar-refractivity contribution is 5.92. The third-order valence-electron chi connectivity index (χ3n) is 3.01. The summed E-state index contributed by atoms with van der Waals surface area (Å²) in [6.07, 6.45) is 1.47. The van der Waals surface area contributed by atoms with Crippen LogP contribution in [0, 0.1) is 29.6 Å². The number of hydrogen-bond donors (Lipinski definition) is 0. The maximum absolute atomic E-state index is 12.1. The maximum atomic E-state index is 12.1. The summed E-state index contributed by atoms with van der Waals surface area (Å²) in [6, 6.07) is 17.4. The monoisotopic (exact) mass is 288 g/mol. The van der Waals surface area contributed by atoms with Crippen LogP contribution in [0.3, 0.4) is 0 Å². The summed E-state index contributed by atoms with van der Waals surface area (Å²) < 4.78 is 5.30. The minimum atomic E-state index is -0.420. The smallest absolute Gasteiger partial charge is 0.343 e. The molecule has 0 radical (unpaired) electrons. The van der Waals surface area contributed by atoms with Crippen molar-refractivity contribution < 1.29 is 9.53 Å². The van der Waals surface area contributed by atoms with Crippen molar-refractivity contribution in [3.63, 3.8) is 0 Å². The number of aryl methyl sites for hydroxylation is 1. The van der Waals surface area contributed by atoms with Gasteiger partial charge in [-0.1, -0.05) is 30.3 Å². The van der Waals surface area contributed by atoms with Gasteiger partial charge in [-0.15, -0.1) is 0 Å². The highest BCUT2D eigenvalue weighted by Gasteiger charge is 2.10. The van der Waals surface area contributed by atoms with E-state index in [9.17, 15) is 4.79 Å². The van der Waals surface area contributed by atoms with E-state index in [0.29, 0.717) is 16.9 Å². The molecule has 0 amide bonds. The van der Waals surface area contributed by atoms with E-state index in [1.807, 2.05) is 19.1 Å². The number of allylic oxidation sites excluding steroid dienone is 1. The molecular formula is C18H12N2O2. The lowest BCUT2D eigenvalue weighted by Gasteiger charge is -2.06. The van der Waals surface area contributed by atoms with Crippen LogP contribution in [0.5, 0.6) is 5.75 Å². The molecular weight excluding hydrogens is 276 g/mol. The van der Waals surface area contributed by atoms with Gasteiger partial charge in [-0.3, -0.25) is 0 Å². The Morgan fingerprint density at radius 3 is 2.27 bits per heavy atom. The number of benzene rings is 2. The van der Waals surface area contributed by atoms with Crippen molar-refractivity contribution >= 4 is 12.0 Å². The molecule has 0 fully saturated rings. The Kier molecular flexibility index (Phi) is 4.70. The van der Waals surface area contributed by atoms with Gasteiger partial charge >= 0.3 is 5.97 Å². The van der Waals surface area contributed by atoms with Gasteiger partial charge in [-0.25, -0.2) is 4.79 Å². The van der Waals surface area contributed by atoms with Crippen molar-refractivity contribution in [2.24, 2.45) is 0 Å². The Bertz CT molecular complexity index is 790. The molecule has 0 bridgehead atoms. The van der Waals surface area contributed by atoms with Gasteiger partial charge in [-0.2, -0.15) is 10.5 Å². The van der Waals surface area contributed by atoms with Gasteiger partial charge in [0.2, 0.25) is 0 Å². The van der Waals surface area contributed by atoms with Crippen LogP contribution in [-0.4, -0.2) is 5.97 Å². The van der Waals surface area contributed by atoms with E-state index in [0.717, 1.165) is 5.56 Å². The second kappa shape index (κ2) is 6.88. The molecule has 2 rings (SSSR count). The molecule has 4 nitrogen and oxygen atoms in total. The molecule has 106 valence electrons. The number of carbonyl (C=O) groups is 1. The van der Waals surface area contributed by atoms with Crippen LogP contribution < -0.4 is 4.74 Å². The predicted octanol–water partition coefficient (Wildman–Crippen LogP) is 3.64. The molecule has 22 heavy (non-hydrogen) atoms. The second-order valence-corrected chi connectivity index (χ2v) is 4.56. The zero-order valence-corrected chi connectivity index (χ0v) is 11.9. The van der Waals surface area contributed by atoms with Crippen LogP contribution in [0.2, 0.25) is 0 Å². The van der Waals surface area contributed by atoms with Crippen molar-refractivity contribution in [2.75, 3.05) is 0 Å². The molecule has 0 aliphatic carbocycles. The molecule has 0 saturated heterocycles. The Labute approximate surface area is 128 Å². The molecule has 0 N–H and O–H groups in total. The third kappa shape index (κ3) is 3.59. The summed E-state index contributed by atoms with van der Waals surface area (Å²) in [5.74, 6) is -0.0167. The molecule has 4 heteroatoms. The van der Waals surface area contributed by atoms with Crippen LogP contribution in [0.15, 0.2) is 54.1 Å². The van der Waals surface area contributed by atoms with Gasteiger partial charge < -0.3 is 4.74 Å². The van der Waals surface area contributed by atoms with E-state index in [-0.39, 0.29) is 5.57 Å². The molecule has 0 saturated carbocycles. The molecule has 2 aromatic rings. The Hall–Kier alpha value is -3.37. The normalized spacial score (nSPS) is 9.23. The lowest BCUT2D eigenvalue weighted by atomic mass is 10.1. The lowest BCUT2D eigenvalue weighted by molar-refractivity contribution is 0.0734. The first-order valence-electron chi connectivity index (χ1n) is 6.54. The highest BCUT2D eigenvalue weighted by Crippen LogP contribution is 2.17. The molecule has 0 heterocycles. The van der Waals surface area contributed by atoms with Crippen molar-refractivity contribution in [3.05, 3.63) is 70.8 Å². The van der Waals surface area contributed by atoms with Gasteiger partial charge in [0.25, 0.3) is 0 Å². The van der Waals surface area contributed by atoms with E-state index in [1.54, 1.807) is 48.5 Å². The highest BCUT2D eigenvalue weighted by atomic mass is 16.5. The Morgan fingerprint density at radius 1 is 1.05 bits per heavy atom. The van der Waals surface area contributed by atoms with Crippen molar-refractivity contribution in [1.82, 2.24) is 0 Å². The number of nitriles is 2. The van der Waals surface area contributed by atoms with E-state index in [4.69, 9.17) is 15.3 Å². The van der Waals surface area contributed by atoms with Crippen LogP contribution in [0.4, 0.5) is 0 Å². The second-order valence-electron chi connectivity index (χ2n) is 4.56. The summed E-state index contributed by atoms with van der Waals surface area (Å²) in [7, 11) is 0. The molecule has 0 atom stereocenters. The van der Waals surface area contributed by atoms with Crippen molar-refractivity contribution in [3.8, 4) is 17.9 Å². The largest absolute Gasteiger partial charge is 0.423 e. The zero-order valence-electron chi connectivity index (χ0n) is 11.9. The lowest BCUT2D eigenvalue weighted by Crippen LogP contribution is -2.09. The minimum absolute atomic E-state index is 0.0182. The van der Waals surface area contributed by atoms with Crippen LogP contribution in [0.25, 0.3) is 6.08 Å². The summed E-state index contributed by atoms with van der Waals surface area (Å²) >= 11 is 0. The number of nitrogens with zero attached hydrogens (tertiary/aromatic N) is 2. The van der Waals surface area contributed by atoms with Gasteiger partial charge in [-0.05, 0) is 42.3 Å². The number of carbonyl (C=O) groups excluding carboxylic acids is 1. The van der Waals surface area contributed by atoms with Crippen LogP contribution in [-0.2, 0) is 0 Å². The average molecular weight is 288 g/mol. The fraction of sp³-hybridized carbons (Fsp3) is 0.0556. The fourth-order valence-electron chi connectivity index (χ4n) is 1.85. The number of hydrogen-bond acceptors (Lipinski definition) is 4. The molecule has 0 aromatic heterocycles. The molecule has 0 aliphatic heterocycles. The van der Waals surface area contributed by atoms with E-state index in [1.165, 1.54) is 6.08 Å². The van der Waals surface area contributed by atoms with E-state index in [2.05, 4.69) is 0 Å². The third-order valence-corrected chi connectivity index (χ3v) is 3.01. The number of rotatable bonds is 3. The molecule has 0 unspecified atom stereocenters.